The highest BCUT2D eigenvalue weighted by Crippen LogP contribution is 2.46. The lowest BCUT2D eigenvalue weighted by Gasteiger charge is -2.20. The first kappa shape index (κ1) is 24.6. The zero-order chi connectivity index (χ0) is 25.2. The molecule has 0 aromatic heterocycles. The lowest BCUT2D eigenvalue weighted by Crippen LogP contribution is -2.41. The van der Waals surface area contributed by atoms with Crippen LogP contribution in [0.15, 0.2) is 72.8 Å². The Morgan fingerprint density at radius 1 is 0.971 bits per heavy atom. The van der Waals surface area contributed by atoms with Gasteiger partial charge in [0.1, 0.15) is 18.5 Å². The second-order valence-electron chi connectivity index (χ2n) is 9.77. The highest BCUT2D eigenvalue weighted by Gasteiger charge is 2.42. The monoisotopic (exact) mass is 483 g/mol. The number of amides is 1. The van der Waals surface area contributed by atoms with Crippen molar-refractivity contribution in [1.82, 2.24) is 5.32 Å². The van der Waals surface area contributed by atoms with Crippen LogP contribution < -0.4 is 10.1 Å². The fourth-order valence-electron chi connectivity index (χ4n) is 3.83. The molecule has 184 valence electrons. The van der Waals surface area contributed by atoms with E-state index in [1.54, 1.807) is 0 Å². The standard InChI is InChI=1S/C28H28F3NO3/c1-27(2,3)32-26(33)35-25-16-23(25)20-11-14-24(34-17-18-7-5-4-6-8-18)22(15-20)19-9-12-21(13-10-19)28(29,30)31/h4-15,23,25H,16-17H2,1-3H3,(H,32,33)/t23-,25+/m0/s1. The third kappa shape index (κ3) is 6.56. The van der Waals surface area contributed by atoms with E-state index >= 15 is 0 Å². The van der Waals surface area contributed by atoms with Crippen LogP contribution in [0.4, 0.5) is 18.0 Å². The summed E-state index contributed by atoms with van der Waals surface area (Å²) in [5.74, 6) is 0.595. The average Bonchev–Trinajstić information content (AvgIpc) is 3.55. The molecule has 0 bridgehead atoms. The number of halogens is 3. The van der Waals surface area contributed by atoms with Crippen molar-refractivity contribution in [1.29, 1.82) is 0 Å². The topological polar surface area (TPSA) is 47.6 Å². The van der Waals surface area contributed by atoms with Crippen LogP contribution in [0.1, 0.15) is 49.8 Å². The summed E-state index contributed by atoms with van der Waals surface area (Å²) in [7, 11) is 0. The Morgan fingerprint density at radius 3 is 2.29 bits per heavy atom. The molecule has 1 aliphatic rings. The van der Waals surface area contributed by atoms with E-state index in [-0.39, 0.29) is 12.0 Å². The molecule has 1 fully saturated rings. The molecule has 0 aliphatic heterocycles. The van der Waals surface area contributed by atoms with Gasteiger partial charge in [-0.05, 0) is 68.1 Å². The number of rotatable bonds is 6. The molecule has 35 heavy (non-hydrogen) atoms. The summed E-state index contributed by atoms with van der Waals surface area (Å²) in [6.45, 7) is 5.96. The molecule has 0 spiro atoms. The molecule has 1 saturated carbocycles. The minimum absolute atomic E-state index is 0.0251. The van der Waals surface area contributed by atoms with E-state index in [9.17, 15) is 18.0 Å². The Morgan fingerprint density at radius 2 is 1.66 bits per heavy atom. The second-order valence-corrected chi connectivity index (χ2v) is 9.77. The third-order valence-electron chi connectivity index (χ3n) is 5.66. The Balaban J connectivity index is 1.56. The van der Waals surface area contributed by atoms with Crippen molar-refractivity contribution in [2.24, 2.45) is 0 Å². The largest absolute Gasteiger partial charge is 0.488 e. The molecule has 0 heterocycles. The van der Waals surface area contributed by atoms with E-state index in [1.165, 1.54) is 12.1 Å². The fraction of sp³-hybridized carbons (Fsp3) is 0.321. The minimum Gasteiger partial charge on any atom is -0.488 e. The second kappa shape index (κ2) is 9.64. The summed E-state index contributed by atoms with van der Waals surface area (Å²) >= 11 is 0. The molecule has 7 heteroatoms. The van der Waals surface area contributed by atoms with Crippen LogP contribution in [-0.2, 0) is 17.5 Å². The number of nitrogens with one attached hydrogen (secondary N) is 1. The van der Waals surface area contributed by atoms with Gasteiger partial charge >= 0.3 is 12.3 Å². The zero-order valence-electron chi connectivity index (χ0n) is 19.9. The molecule has 4 rings (SSSR count). The van der Waals surface area contributed by atoms with Gasteiger partial charge in [0.15, 0.2) is 0 Å². The molecular weight excluding hydrogens is 455 g/mol. The van der Waals surface area contributed by atoms with Crippen LogP contribution in [0.25, 0.3) is 11.1 Å². The van der Waals surface area contributed by atoms with Crippen molar-refractivity contribution in [3.63, 3.8) is 0 Å². The number of alkyl halides is 3. The van der Waals surface area contributed by atoms with Crippen molar-refractivity contribution < 1.29 is 27.4 Å². The molecule has 1 amide bonds. The Bertz CT molecular complexity index is 1170. The van der Waals surface area contributed by atoms with Crippen LogP contribution in [0, 0.1) is 0 Å². The van der Waals surface area contributed by atoms with Crippen LogP contribution in [0.2, 0.25) is 0 Å². The number of carbonyl (C=O) groups excluding carboxylic acids is 1. The summed E-state index contributed by atoms with van der Waals surface area (Å²) in [5, 5.41) is 2.79. The van der Waals surface area contributed by atoms with Crippen molar-refractivity contribution in [2.75, 3.05) is 0 Å². The molecule has 4 nitrogen and oxygen atoms in total. The van der Waals surface area contributed by atoms with Gasteiger partial charge in [-0.1, -0.05) is 48.5 Å². The number of alkyl carbamates (subject to hydrolysis) is 1. The van der Waals surface area contributed by atoms with E-state index < -0.39 is 23.4 Å². The molecule has 1 aliphatic carbocycles. The Hall–Kier alpha value is -3.48. The van der Waals surface area contributed by atoms with E-state index in [0.717, 1.165) is 23.3 Å². The fourth-order valence-corrected chi connectivity index (χ4v) is 3.83. The van der Waals surface area contributed by atoms with Crippen molar-refractivity contribution in [3.8, 4) is 16.9 Å². The summed E-state index contributed by atoms with van der Waals surface area (Å²) in [6.07, 6.45) is -4.42. The van der Waals surface area contributed by atoms with Gasteiger partial charge in [0.05, 0.1) is 5.56 Å². The van der Waals surface area contributed by atoms with Crippen LogP contribution >= 0.6 is 0 Å². The Kier molecular flexibility index (Phi) is 6.79. The van der Waals surface area contributed by atoms with Gasteiger partial charge in [-0.15, -0.1) is 0 Å². The molecule has 0 saturated heterocycles. The number of hydrogen-bond acceptors (Lipinski definition) is 3. The van der Waals surface area contributed by atoms with Crippen LogP contribution in [-0.4, -0.2) is 17.7 Å². The highest BCUT2D eigenvalue weighted by atomic mass is 19.4. The lowest BCUT2D eigenvalue weighted by molar-refractivity contribution is -0.137. The molecule has 3 aromatic carbocycles. The van der Waals surface area contributed by atoms with E-state index in [2.05, 4.69) is 5.32 Å². The number of ether oxygens (including phenoxy) is 2. The molecule has 2 atom stereocenters. The van der Waals surface area contributed by atoms with E-state index in [0.29, 0.717) is 29.9 Å². The summed E-state index contributed by atoms with van der Waals surface area (Å²) in [4.78, 5) is 12.1. The highest BCUT2D eigenvalue weighted by molar-refractivity contribution is 5.72. The smallest absolute Gasteiger partial charge is 0.416 e. The summed E-state index contributed by atoms with van der Waals surface area (Å²) < 4.78 is 50.8. The van der Waals surface area contributed by atoms with Gasteiger partial charge in [-0.3, -0.25) is 0 Å². The maximum absolute atomic E-state index is 13.1. The number of hydrogen-bond donors (Lipinski definition) is 1. The van der Waals surface area contributed by atoms with Gasteiger partial charge in [-0.2, -0.15) is 13.2 Å². The maximum atomic E-state index is 13.1. The maximum Gasteiger partial charge on any atom is 0.416 e. The molecule has 1 N–H and O–H groups in total. The van der Waals surface area contributed by atoms with E-state index in [1.807, 2.05) is 69.3 Å². The van der Waals surface area contributed by atoms with Crippen LogP contribution in [0.5, 0.6) is 5.75 Å². The molecule has 0 radical (unpaired) electrons. The quantitative estimate of drug-likeness (QED) is 0.399. The number of benzene rings is 3. The molecule has 3 aromatic rings. The third-order valence-corrected chi connectivity index (χ3v) is 5.66. The SMILES string of the molecule is CC(C)(C)NC(=O)O[C@@H]1C[C@H]1c1ccc(OCc2ccccc2)c(-c2ccc(C(F)(F)F)cc2)c1. The van der Waals surface area contributed by atoms with Crippen molar-refractivity contribution in [3.05, 3.63) is 89.5 Å². The molecule has 0 unspecified atom stereocenters. The predicted octanol–water partition coefficient (Wildman–Crippen LogP) is 7.33. The Labute approximate surface area is 203 Å². The minimum atomic E-state index is -4.40. The average molecular weight is 484 g/mol. The molecular formula is C28H28F3NO3. The lowest BCUT2D eigenvalue weighted by atomic mass is 9.98. The van der Waals surface area contributed by atoms with Gasteiger partial charge < -0.3 is 14.8 Å². The number of carbonyl (C=O) groups is 1. The first-order valence-corrected chi connectivity index (χ1v) is 11.5. The van der Waals surface area contributed by atoms with Crippen LogP contribution in [0.3, 0.4) is 0 Å². The first-order chi connectivity index (χ1) is 16.5. The van der Waals surface area contributed by atoms with E-state index in [4.69, 9.17) is 9.47 Å². The predicted molar refractivity (Wildman–Crippen MR) is 128 cm³/mol. The van der Waals surface area contributed by atoms with Gasteiger partial charge in [0, 0.05) is 17.0 Å². The first-order valence-electron chi connectivity index (χ1n) is 11.5. The van der Waals surface area contributed by atoms with Gasteiger partial charge in [0.2, 0.25) is 0 Å². The normalized spacial score (nSPS) is 17.5. The summed E-state index contributed by atoms with van der Waals surface area (Å²) in [5.41, 5.74) is 2.14. The van der Waals surface area contributed by atoms with Gasteiger partial charge in [-0.25, -0.2) is 4.79 Å². The zero-order valence-corrected chi connectivity index (χ0v) is 19.9. The van der Waals surface area contributed by atoms with Gasteiger partial charge in [0.25, 0.3) is 0 Å². The van der Waals surface area contributed by atoms with Crippen molar-refractivity contribution >= 4 is 6.09 Å². The van der Waals surface area contributed by atoms with Crippen molar-refractivity contribution in [2.45, 2.75) is 57.5 Å². The summed E-state index contributed by atoms with van der Waals surface area (Å²) in [6, 6.07) is 20.4.